The van der Waals surface area contributed by atoms with Crippen molar-refractivity contribution in [2.75, 3.05) is 19.8 Å². The maximum Gasteiger partial charge on any atom is 0.407 e. The van der Waals surface area contributed by atoms with Crippen molar-refractivity contribution in [3.63, 3.8) is 0 Å². The van der Waals surface area contributed by atoms with Crippen LogP contribution in [0.2, 0.25) is 0 Å². The second-order valence-electron chi connectivity index (χ2n) is 11.6. The molecule has 43 heavy (non-hydrogen) atoms. The van der Waals surface area contributed by atoms with Crippen molar-refractivity contribution in [3.05, 3.63) is 60.2 Å². The van der Waals surface area contributed by atoms with Crippen LogP contribution in [0, 0.1) is 5.92 Å². The van der Waals surface area contributed by atoms with Gasteiger partial charge in [0.05, 0.1) is 54.9 Å². The van der Waals surface area contributed by atoms with Gasteiger partial charge in [0.25, 0.3) is 10.0 Å². The zero-order chi connectivity index (χ0) is 30.4. The van der Waals surface area contributed by atoms with Gasteiger partial charge < -0.3 is 29.4 Å². The Hall–Kier alpha value is -2.74. The number of nitrogens with one attached hydrogen (secondary N) is 1. The summed E-state index contributed by atoms with van der Waals surface area (Å²) in [7, 11) is -4.17. The number of hydrogen-bond donors (Lipinski definition) is 2. The summed E-state index contributed by atoms with van der Waals surface area (Å²) in [6, 6.07) is 14.6. The van der Waals surface area contributed by atoms with E-state index in [1.54, 1.807) is 12.1 Å². The highest BCUT2D eigenvalue weighted by Gasteiger charge is 2.44. The van der Waals surface area contributed by atoms with Gasteiger partial charge in [-0.3, -0.25) is 4.84 Å². The lowest BCUT2D eigenvalue weighted by Crippen LogP contribution is -2.51. The number of hydroxylamine groups is 1. The number of amides is 1. The molecule has 1 unspecified atom stereocenters. The van der Waals surface area contributed by atoms with E-state index in [0.29, 0.717) is 12.4 Å². The van der Waals surface area contributed by atoms with Crippen molar-refractivity contribution >= 4 is 16.1 Å². The van der Waals surface area contributed by atoms with Gasteiger partial charge in [-0.05, 0) is 69.4 Å². The highest BCUT2D eigenvalue weighted by atomic mass is 32.2. The minimum atomic E-state index is -4.17. The molecule has 0 bridgehead atoms. The molecule has 2 N–H and O–H groups in total. The Kier molecular flexibility index (Phi) is 10.6. The molecule has 5 atom stereocenters. The van der Waals surface area contributed by atoms with Crippen molar-refractivity contribution in [1.29, 1.82) is 0 Å². The first-order chi connectivity index (χ1) is 20.7. The molecule has 1 saturated carbocycles. The molecule has 2 saturated heterocycles. The first-order valence-electron chi connectivity index (χ1n) is 15.1. The molecule has 2 aromatic carbocycles. The molecular formula is C31H42N2O9S. The third kappa shape index (κ3) is 8.25. The lowest BCUT2D eigenvalue weighted by molar-refractivity contribution is -0.145. The van der Waals surface area contributed by atoms with Crippen molar-refractivity contribution in [1.82, 2.24) is 9.79 Å². The standard InChI is InChI=1S/C31H42N2O9S/c1-21(2)40-23-12-14-25(15-13-23)43(36,37)33(42-24-10-6-7-11-24)19-28(34)27(18-22-8-4-3-5-9-22)32-31(35)41-29-20-39-30-26(29)16-17-38-30/h3-5,8-9,12-15,21,24,26-30,34H,6-7,10-11,16-20H2,1-2H3,(H,32,35)/t26-,27-,28+,29?,30+/m0/s1. The first-order valence-corrected chi connectivity index (χ1v) is 16.5. The van der Waals surface area contributed by atoms with Crippen LogP contribution in [0.4, 0.5) is 4.79 Å². The number of carbonyl (C=O) groups is 1. The SMILES string of the molecule is CC(C)Oc1ccc(S(=O)(=O)N(C[C@@H](O)[C@H](Cc2ccccc2)NC(=O)OC2CO[C@H]3OCC[C@@H]23)OC2CCCC2)cc1. The number of rotatable bonds is 13. The van der Waals surface area contributed by atoms with Crippen molar-refractivity contribution in [3.8, 4) is 5.75 Å². The highest BCUT2D eigenvalue weighted by molar-refractivity contribution is 7.89. The second kappa shape index (κ2) is 14.4. The normalized spacial score (nSPS) is 23.8. The van der Waals surface area contributed by atoms with E-state index in [-0.39, 0.29) is 42.3 Å². The Balaban J connectivity index is 1.33. The average molecular weight is 619 g/mol. The van der Waals surface area contributed by atoms with E-state index in [0.717, 1.165) is 42.1 Å². The number of benzene rings is 2. The highest BCUT2D eigenvalue weighted by Crippen LogP contribution is 2.33. The van der Waals surface area contributed by atoms with Crippen LogP contribution in [-0.4, -0.2) is 80.6 Å². The fraction of sp³-hybridized carbons (Fsp3) is 0.581. The molecule has 2 aromatic rings. The van der Waals surface area contributed by atoms with Gasteiger partial charge >= 0.3 is 6.09 Å². The Morgan fingerprint density at radius 3 is 2.47 bits per heavy atom. The van der Waals surface area contributed by atoms with E-state index < -0.39 is 40.9 Å². The molecule has 12 heteroatoms. The van der Waals surface area contributed by atoms with Gasteiger partial charge in [0, 0.05) is 0 Å². The van der Waals surface area contributed by atoms with Crippen molar-refractivity contribution in [2.24, 2.45) is 5.92 Å². The molecule has 1 amide bonds. The molecule has 236 valence electrons. The Bertz CT molecular complexity index is 1290. The number of hydrogen-bond acceptors (Lipinski definition) is 9. The molecule has 2 aliphatic heterocycles. The quantitative estimate of drug-likeness (QED) is 0.322. The van der Waals surface area contributed by atoms with E-state index in [1.165, 1.54) is 12.1 Å². The third-order valence-corrected chi connectivity index (χ3v) is 9.62. The monoisotopic (exact) mass is 618 g/mol. The molecule has 5 rings (SSSR count). The van der Waals surface area contributed by atoms with Crippen molar-refractivity contribution in [2.45, 2.75) is 94.0 Å². The zero-order valence-electron chi connectivity index (χ0n) is 24.7. The lowest BCUT2D eigenvalue weighted by Gasteiger charge is -2.31. The average Bonchev–Trinajstić information content (AvgIpc) is 3.74. The van der Waals surface area contributed by atoms with Crippen LogP contribution in [0.3, 0.4) is 0 Å². The molecule has 0 aromatic heterocycles. The summed E-state index contributed by atoms with van der Waals surface area (Å²) < 4.78 is 51.0. The molecule has 0 radical (unpaired) electrons. The van der Waals surface area contributed by atoms with Gasteiger partial charge in [-0.25, -0.2) is 13.2 Å². The van der Waals surface area contributed by atoms with Crippen LogP contribution in [0.25, 0.3) is 0 Å². The Morgan fingerprint density at radius 2 is 1.77 bits per heavy atom. The molecule has 2 heterocycles. The van der Waals surface area contributed by atoms with Crippen LogP contribution in [-0.2, 0) is 35.5 Å². The van der Waals surface area contributed by atoms with Crippen LogP contribution < -0.4 is 10.1 Å². The number of alkyl carbamates (subject to hydrolysis) is 1. The number of nitrogens with zero attached hydrogens (tertiary/aromatic N) is 1. The van der Waals surface area contributed by atoms with Gasteiger partial charge in [-0.15, -0.1) is 0 Å². The summed E-state index contributed by atoms with van der Waals surface area (Å²) in [5.74, 6) is 0.507. The van der Waals surface area contributed by atoms with E-state index in [9.17, 15) is 18.3 Å². The fourth-order valence-electron chi connectivity index (χ4n) is 5.74. The van der Waals surface area contributed by atoms with E-state index in [2.05, 4.69) is 5.32 Å². The summed E-state index contributed by atoms with van der Waals surface area (Å²) in [4.78, 5) is 19.1. The number of ether oxygens (including phenoxy) is 4. The van der Waals surface area contributed by atoms with Crippen LogP contribution >= 0.6 is 0 Å². The topological polar surface area (TPSA) is 133 Å². The third-order valence-electron chi connectivity index (χ3n) is 7.98. The van der Waals surface area contributed by atoms with E-state index >= 15 is 0 Å². The summed E-state index contributed by atoms with van der Waals surface area (Å²) >= 11 is 0. The molecule has 1 aliphatic carbocycles. The van der Waals surface area contributed by atoms with Crippen molar-refractivity contribution < 1.29 is 42.1 Å². The van der Waals surface area contributed by atoms with Crippen LogP contribution in [0.15, 0.2) is 59.5 Å². The molecule has 11 nitrogen and oxygen atoms in total. The predicted octanol–water partition coefficient (Wildman–Crippen LogP) is 3.80. The Morgan fingerprint density at radius 1 is 1.05 bits per heavy atom. The van der Waals surface area contributed by atoms with Gasteiger partial charge in [0.1, 0.15) is 11.9 Å². The summed E-state index contributed by atoms with van der Waals surface area (Å²) in [6.45, 7) is 4.16. The molecule has 3 aliphatic rings. The minimum absolute atomic E-state index is 0.00958. The van der Waals surface area contributed by atoms with Gasteiger partial charge in [0.2, 0.25) is 0 Å². The summed E-state index contributed by atoms with van der Waals surface area (Å²) in [5.41, 5.74) is 0.854. The maximum absolute atomic E-state index is 13.8. The summed E-state index contributed by atoms with van der Waals surface area (Å²) in [6.07, 6.45) is 1.05. The minimum Gasteiger partial charge on any atom is -0.491 e. The van der Waals surface area contributed by atoms with Gasteiger partial charge in [-0.1, -0.05) is 47.6 Å². The van der Waals surface area contributed by atoms with Crippen LogP contribution in [0.1, 0.15) is 51.5 Å². The van der Waals surface area contributed by atoms with E-state index in [1.807, 2.05) is 44.2 Å². The fourth-order valence-corrected chi connectivity index (χ4v) is 7.04. The van der Waals surface area contributed by atoms with E-state index in [4.69, 9.17) is 23.8 Å². The van der Waals surface area contributed by atoms with Gasteiger partial charge in [0.15, 0.2) is 6.29 Å². The maximum atomic E-state index is 13.8. The largest absolute Gasteiger partial charge is 0.491 e. The number of sulfonamides is 1. The van der Waals surface area contributed by atoms with Gasteiger partial charge in [-0.2, -0.15) is 0 Å². The number of aliphatic hydroxyl groups is 1. The lowest BCUT2D eigenvalue weighted by atomic mass is 10.0. The zero-order valence-corrected chi connectivity index (χ0v) is 25.5. The first kappa shape index (κ1) is 31.7. The number of fused-ring (bicyclic) bond motifs is 1. The Labute approximate surface area is 253 Å². The number of aliphatic hydroxyl groups excluding tert-OH is 1. The molecular weight excluding hydrogens is 576 g/mol. The van der Waals surface area contributed by atoms with Crippen LogP contribution in [0.5, 0.6) is 5.75 Å². The second-order valence-corrected chi connectivity index (χ2v) is 13.4. The predicted molar refractivity (Wildman–Crippen MR) is 157 cm³/mol. The molecule has 0 spiro atoms. The smallest absolute Gasteiger partial charge is 0.407 e. The molecule has 3 fully saturated rings. The summed E-state index contributed by atoms with van der Waals surface area (Å²) in [5, 5.41) is 14.3. The number of carbonyl (C=O) groups excluding carboxylic acids is 1.